The number of rotatable bonds is 6. The summed E-state index contributed by atoms with van der Waals surface area (Å²) in [6.45, 7) is 0. The lowest BCUT2D eigenvalue weighted by Crippen LogP contribution is -2.01. The average Bonchev–Trinajstić information content (AvgIpc) is 2.55. The van der Waals surface area contributed by atoms with Gasteiger partial charge in [0.1, 0.15) is 0 Å². The van der Waals surface area contributed by atoms with Crippen molar-refractivity contribution in [1.82, 2.24) is 0 Å². The number of hydrogen-bond acceptors (Lipinski definition) is 3. The van der Waals surface area contributed by atoms with Crippen LogP contribution in [-0.4, -0.2) is 22.6 Å². The summed E-state index contributed by atoms with van der Waals surface area (Å²) in [5, 5.41) is 8.42. The van der Waals surface area contributed by atoms with Crippen molar-refractivity contribution in [3.05, 3.63) is 0 Å². The van der Waals surface area contributed by atoms with Crippen LogP contribution in [0.4, 0.5) is 0 Å². The van der Waals surface area contributed by atoms with Gasteiger partial charge in [0, 0.05) is 17.9 Å². The van der Waals surface area contributed by atoms with Gasteiger partial charge in [-0.2, -0.15) is 0 Å². The average molecular weight is 220 g/mol. The van der Waals surface area contributed by atoms with Gasteiger partial charge in [0.2, 0.25) is 0 Å². The van der Waals surface area contributed by atoms with Crippen LogP contribution in [0.5, 0.6) is 0 Å². The standard InChI is InChI=1S/C9H16O2S2/c10-9(11)5-3-1-2-4-8-6-12-13-7-8/h8H,1-7H2,(H,10,11). The molecule has 1 aliphatic heterocycles. The van der Waals surface area contributed by atoms with E-state index >= 15 is 0 Å². The SMILES string of the molecule is O=C(O)CCCCCC1CSSC1. The second-order valence-electron chi connectivity index (χ2n) is 3.43. The molecule has 1 fully saturated rings. The summed E-state index contributed by atoms with van der Waals surface area (Å²) >= 11 is 0. The molecule has 0 aromatic rings. The topological polar surface area (TPSA) is 37.3 Å². The first kappa shape index (κ1) is 11.2. The molecule has 1 N–H and O–H groups in total. The fourth-order valence-corrected chi connectivity index (χ4v) is 4.42. The van der Waals surface area contributed by atoms with Crippen molar-refractivity contribution in [2.24, 2.45) is 5.92 Å². The second kappa shape index (κ2) is 6.60. The Kier molecular flexibility index (Phi) is 5.71. The maximum atomic E-state index is 10.2. The molecule has 13 heavy (non-hydrogen) atoms. The highest BCUT2D eigenvalue weighted by atomic mass is 33.1. The van der Waals surface area contributed by atoms with E-state index in [4.69, 9.17) is 5.11 Å². The van der Waals surface area contributed by atoms with Crippen molar-refractivity contribution < 1.29 is 9.90 Å². The first-order valence-corrected chi connectivity index (χ1v) is 7.24. The number of unbranched alkanes of at least 4 members (excludes halogenated alkanes) is 2. The van der Waals surface area contributed by atoms with E-state index < -0.39 is 5.97 Å². The molecule has 0 bridgehead atoms. The van der Waals surface area contributed by atoms with Gasteiger partial charge in [0.25, 0.3) is 0 Å². The van der Waals surface area contributed by atoms with Crippen molar-refractivity contribution in [3.63, 3.8) is 0 Å². The summed E-state index contributed by atoms with van der Waals surface area (Å²) in [5.74, 6) is 2.82. The molecule has 4 heteroatoms. The molecule has 1 aliphatic rings. The van der Waals surface area contributed by atoms with E-state index in [0.717, 1.165) is 18.8 Å². The fourth-order valence-electron chi connectivity index (χ4n) is 1.39. The highest BCUT2D eigenvalue weighted by Gasteiger charge is 2.15. The maximum Gasteiger partial charge on any atom is 0.303 e. The third kappa shape index (κ3) is 5.47. The summed E-state index contributed by atoms with van der Waals surface area (Å²) in [6, 6.07) is 0. The van der Waals surface area contributed by atoms with Crippen LogP contribution in [0, 0.1) is 5.92 Å². The Morgan fingerprint density at radius 1 is 1.23 bits per heavy atom. The molecule has 0 saturated carbocycles. The van der Waals surface area contributed by atoms with E-state index in [-0.39, 0.29) is 0 Å². The molecule has 0 spiro atoms. The first-order valence-electron chi connectivity index (χ1n) is 4.75. The molecule has 0 unspecified atom stereocenters. The number of aliphatic carboxylic acids is 1. The minimum atomic E-state index is -0.660. The lowest BCUT2D eigenvalue weighted by molar-refractivity contribution is -0.137. The van der Waals surface area contributed by atoms with Crippen LogP contribution < -0.4 is 0 Å². The van der Waals surface area contributed by atoms with Crippen molar-refractivity contribution in [3.8, 4) is 0 Å². The van der Waals surface area contributed by atoms with E-state index in [1.54, 1.807) is 0 Å². The molecule has 1 heterocycles. The molecule has 1 rings (SSSR count). The minimum Gasteiger partial charge on any atom is -0.481 e. The molecule has 0 aromatic carbocycles. The third-order valence-electron chi connectivity index (χ3n) is 2.19. The number of hydrogen-bond donors (Lipinski definition) is 1. The summed E-state index contributed by atoms with van der Waals surface area (Å²) in [5.41, 5.74) is 0. The summed E-state index contributed by atoms with van der Waals surface area (Å²) < 4.78 is 0. The Bertz CT molecular complexity index is 156. The zero-order valence-corrected chi connectivity index (χ0v) is 9.33. The summed E-state index contributed by atoms with van der Waals surface area (Å²) in [7, 11) is 3.95. The summed E-state index contributed by atoms with van der Waals surface area (Å²) in [6.07, 6.45) is 4.77. The van der Waals surface area contributed by atoms with Crippen LogP contribution >= 0.6 is 21.6 Å². The molecular formula is C9H16O2S2. The predicted octanol–water partition coefficient (Wildman–Crippen LogP) is 3.03. The minimum absolute atomic E-state index is 0.341. The van der Waals surface area contributed by atoms with Crippen molar-refractivity contribution in [1.29, 1.82) is 0 Å². The zero-order chi connectivity index (χ0) is 9.52. The van der Waals surface area contributed by atoms with Gasteiger partial charge in [0.15, 0.2) is 0 Å². The van der Waals surface area contributed by atoms with E-state index in [2.05, 4.69) is 0 Å². The molecule has 76 valence electrons. The largest absolute Gasteiger partial charge is 0.481 e. The Morgan fingerprint density at radius 2 is 1.92 bits per heavy atom. The molecule has 0 radical (unpaired) electrons. The Hall–Kier alpha value is 0.170. The van der Waals surface area contributed by atoms with Crippen LogP contribution in [-0.2, 0) is 4.79 Å². The predicted molar refractivity (Wildman–Crippen MR) is 59.1 cm³/mol. The Balaban J connectivity index is 1.86. The van der Waals surface area contributed by atoms with Gasteiger partial charge in [-0.25, -0.2) is 0 Å². The molecular weight excluding hydrogens is 204 g/mol. The maximum absolute atomic E-state index is 10.2. The monoisotopic (exact) mass is 220 g/mol. The number of carboxylic acids is 1. The first-order chi connectivity index (χ1) is 6.29. The molecule has 0 amide bonds. The van der Waals surface area contributed by atoms with Gasteiger partial charge in [-0.3, -0.25) is 4.79 Å². The van der Waals surface area contributed by atoms with E-state index in [0.29, 0.717) is 6.42 Å². The van der Waals surface area contributed by atoms with Crippen LogP contribution in [0.15, 0.2) is 0 Å². The lowest BCUT2D eigenvalue weighted by atomic mass is 10.0. The molecule has 2 nitrogen and oxygen atoms in total. The lowest BCUT2D eigenvalue weighted by Gasteiger charge is -2.05. The van der Waals surface area contributed by atoms with Crippen LogP contribution in [0.1, 0.15) is 32.1 Å². The van der Waals surface area contributed by atoms with Crippen molar-refractivity contribution in [2.45, 2.75) is 32.1 Å². The van der Waals surface area contributed by atoms with Crippen LogP contribution in [0.25, 0.3) is 0 Å². The van der Waals surface area contributed by atoms with Gasteiger partial charge < -0.3 is 5.11 Å². The van der Waals surface area contributed by atoms with E-state index in [1.807, 2.05) is 21.6 Å². The highest BCUT2D eigenvalue weighted by molar-refractivity contribution is 8.77. The van der Waals surface area contributed by atoms with Gasteiger partial charge in [0.05, 0.1) is 0 Å². The Labute approximate surface area is 87.3 Å². The second-order valence-corrected chi connectivity index (χ2v) is 5.98. The van der Waals surface area contributed by atoms with E-state index in [9.17, 15) is 4.79 Å². The third-order valence-corrected chi connectivity index (χ3v) is 4.89. The molecule has 1 saturated heterocycles. The van der Waals surface area contributed by atoms with Crippen molar-refractivity contribution >= 4 is 27.6 Å². The normalized spacial score (nSPS) is 17.8. The van der Waals surface area contributed by atoms with Gasteiger partial charge >= 0.3 is 5.97 Å². The van der Waals surface area contributed by atoms with Gasteiger partial charge in [-0.15, -0.1) is 0 Å². The zero-order valence-electron chi connectivity index (χ0n) is 7.70. The van der Waals surface area contributed by atoms with Crippen molar-refractivity contribution in [2.75, 3.05) is 11.5 Å². The molecule has 0 aliphatic carbocycles. The Morgan fingerprint density at radius 3 is 2.54 bits per heavy atom. The number of carboxylic acid groups (broad SMARTS) is 1. The smallest absolute Gasteiger partial charge is 0.303 e. The van der Waals surface area contributed by atoms with Gasteiger partial charge in [-0.05, 0) is 18.8 Å². The highest BCUT2D eigenvalue weighted by Crippen LogP contribution is 2.36. The molecule has 0 aromatic heterocycles. The van der Waals surface area contributed by atoms with E-state index in [1.165, 1.54) is 24.3 Å². The van der Waals surface area contributed by atoms with Crippen LogP contribution in [0.2, 0.25) is 0 Å². The summed E-state index contributed by atoms with van der Waals surface area (Å²) in [4.78, 5) is 10.2. The van der Waals surface area contributed by atoms with Crippen LogP contribution in [0.3, 0.4) is 0 Å². The van der Waals surface area contributed by atoms with Gasteiger partial charge in [-0.1, -0.05) is 34.4 Å². The number of carbonyl (C=O) groups is 1. The fraction of sp³-hybridized carbons (Fsp3) is 0.889. The quantitative estimate of drug-likeness (QED) is 0.551. The molecule has 0 atom stereocenters.